The lowest BCUT2D eigenvalue weighted by atomic mass is 9.90. The number of pyridine rings is 1. The third-order valence-electron chi connectivity index (χ3n) is 5.50. The summed E-state index contributed by atoms with van der Waals surface area (Å²) >= 11 is 0. The second-order valence-corrected chi connectivity index (χ2v) is 7.67. The van der Waals surface area contributed by atoms with Crippen LogP contribution in [0.2, 0.25) is 0 Å². The molecular weight excluding hydrogens is 395 g/mol. The van der Waals surface area contributed by atoms with Crippen LogP contribution in [0, 0.1) is 6.92 Å². The summed E-state index contributed by atoms with van der Waals surface area (Å²) in [5.74, 6) is 0.0852. The minimum absolute atomic E-state index is 0.0139. The highest BCUT2D eigenvalue weighted by Gasteiger charge is 2.34. The molecular formula is C22H22F3N3O2. The molecule has 2 aromatic heterocycles. The molecule has 0 spiro atoms. The van der Waals surface area contributed by atoms with Crippen molar-refractivity contribution in [2.24, 2.45) is 0 Å². The van der Waals surface area contributed by atoms with E-state index in [9.17, 15) is 18.0 Å². The molecule has 2 heterocycles. The Morgan fingerprint density at radius 1 is 1.10 bits per heavy atom. The van der Waals surface area contributed by atoms with E-state index in [0.29, 0.717) is 22.4 Å². The van der Waals surface area contributed by atoms with Crippen molar-refractivity contribution in [1.82, 2.24) is 10.3 Å². The number of carbonyl (C=O) groups excluding carboxylic acids is 1. The molecule has 3 aromatic rings. The summed E-state index contributed by atoms with van der Waals surface area (Å²) in [5.41, 5.74) is 0.627. The lowest BCUT2D eigenvalue weighted by Gasteiger charge is -2.30. The van der Waals surface area contributed by atoms with E-state index in [0.717, 1.165) is 37.3 Å². The van der Waals surface area contributed by atoms with Gasteiger partial charge in [-0.25, -0.2) is 4.98 Å². The maximum atomic E-state index is 13.3. The van der Waals surface area contributed by atoms with Crippen LogP contribution in [-0.2, 0) is 6.18 Å². The summed E-state index contributed by atoms with van der Waals surface area (Å²) in [7, 11) is 0. The smallest absolute Gasteiger partial charge is 0.433 e. The number of alkyl halides is 3. The highest BCUT2D eigenvalue weighted by molar-refractivity contribution is 5.93. The van der Waals surface area contributed by atoms with Crippen molar-refractivity contribution >= 4 is 22.5 Å². The molecule has 0 aliphatic heterocycles. The van der Waals surface area contributed by atoms with Crippen molar-refractivity contribution in [2.75, 3.05) is 5.32 Å². The molecule has 0 bridgehead atoms. The molecule has 30 heavy (non-hydrogen) atoms. The fourth-order valence-corrected chi connectivity index (χ4v) is 3.90. The van der Waals surface area contributed by atoms with Crippen LogP contribution >= 0.6 is 0 Å². The lowest BCUT2D eigenvalue weighted by Crippen LogP contribution is -2.40. The molecule has 1 aliphatic carbocycles. The summed E-state index contributed by atoms with van der Waals surface area (Å²) in [4.78, 5) is 16.1. The monoisotopic (exact) mass is 417 g/mol. The number of hydrogen-bond donors (Lipinski definition) is 2. The quantitative estimate of drug-likeness (QED) is 0.604. The molecule has 5 nitrogen and oxygen atoms in total. The van der Waals surface area contributed by atoms with Crippen molar-refractivity contribution in [1.29, 1.82) is 0 Å². The SMILES string of the molecule is Cc1ccoc1C(=O)NC1CCC(Nc2cc(C(F)(F)F)nc3ccccc23)CC1. The van der Waals surface area contributed by atoms with Crippen molar-refractivity contribution < 1.29 is 22.4 Å². The van der Waals surface area contributed by atoms with Crippen LogP contribution < -0.4 is 10.6 Å². The zero-order valence-electron chi connectivity index (χ0n) is 16.4. The van der Waals surface area contributed by atoms with Crippen molar-refractivity contribution in [3.8, 4) is 0 Å². The molecule has 0 radical (unpaired) electrons. The van der Waals surface area contributed by atoms with Gasteiger partial charge < -0.3 is 15.1 Å². The van der Waals surface area contributed by atoms with Crippen LogP contribution in [0.1, 0.15) is 47.5 Å². The maximum absolute atomic E-state index is 13.3. The van der Waals surface area contributed by atoms with E-state index < -0.39 is 11.9 Å². The maximum Gasteiger partial charge on any atom is 0.433 e. The standard InChI is InChI=1S/C22H22F3N3O2/c1-13-10-11-30-20(13)21(29)27-15-8-6-14(7-9-15)26-18-12-19(22(23,24)25)28-17-5-3-2-4-16(17)18/h2-5,10-12,14-15H,6-9H2,1H3,(H,26,28)(H,27,29). The van der Waals surface area contributed by atoms with E-state index in [1.165, 1.54) is 6.26 Å². The average molecular weight is 417 g/mol. The van der Waals surface area contributed by atoms with Gasteiger partial charge in [0.05, 0.1) is 11.8 Å². The molecule has 1 amide bonds. The number of fused-ring (bicyclic) bond motifs is 1. The van der Waals surface area contributed by atoms with E-state index in [4.69, 9.17) is 4.42 Å². The third kappa shape index (κ3) is 4.27. The molecule has 0 saturated heterocycles. The minimum atomic E-state index is -4.51. The van der Waals surface area contributed by atoms with Gasteiger partial charge in [-0.15, -0.1) is 0 Å². The van der Waals surface area contributed by atoms with Crippen LogP contribution in [-0.4, -0.2) is 23.0 Å². The zero-order chi connectivity index (χ0) is 21.3. The summed E-state index contributed by atoms with van der Waals surface area (Å²) < 4.78 is 45.0. The number of hydrogen-bond acceptors (Lipinski definition) is 4. The fraction of sp³-hybridized carbons (Fsp3) is 0.364. The second-order valence-electron chi connectivity index (χ2n) is 7.67. The number of furan rings is 1. The number of nitrogens with one attached hydrogen (secondary N) is 2. The van der Waals surface area contributed by atoms with Gasteiger partial charge >= 0.3 is 6.18 Å². The molecule has 1 fully saturated rings. The van der Waals surface area contributed by atoms with Crippen LogP contribution in [0.4, 0.5) is 18.9 Å². The highest BCUT2D eigenvalue weighted by Crippen LogP contribution is 2.34. The Morgan fingerprint density at radius 3 is 2.47 bits per heavy atom. The number of aromatic nitrogens is 1. The first-order valence-electron chi connectivity index (χ1n) is 9.90. The Kier molecular flexibility index (Phi) is 5.40. The summed E-state index contributed by atoms with van der Waals surface area (Å²) in [6, 6.07) is 9.66. The molecule has 1 aromatic carbocycles. The normalized spacial score (nSPS) is 19.6. The Hall–Kier alpha value is -3.03. The third-order valence-corrected chi connectivity index (χ3v) is 5.50. The van der Waals surface area contributed by atoms with Gasteiger partial charge in [0.2, 0.25) is 0 Å². The molecule has 0 unspecified atom stereocenters. The minimum Gasteiger partial charge on any atom is -0.459 e. The van der Waals surface area contributed by atoms with Crippen LogP contribution in [0.15, 0.2) is 47.1 Å². The first kappa shape index (κ1) is 20.3. The van der Waals surface area contributed by atoms with Gasteiger partial charge in [0.15, 0.2) is 5.76 Å². The number of nitrogens with zero attached hydrogens (tertiary/aromatic N) is 1. The van der Waals surface area contributed by atoms with Crippen molar-refractivity contribution in [2.45, 2.75) is 50.9 Å². The highest BCUT2D eigenvalue weighted by atomic mass is 19.4. The molecule has 2 N–H and O–H groups in total. The molecule has 158 valence electrons. The number of rotatable bonds is 4. The van der Waals surface area contributed by atoms with Gasteiger partial charge in [0.1, 0.15) is 5.69 Å². The van der Waals surface area contributed by atoms with E-state index in [2.05, 4.69) is 15.6 Å². The first-order valence-corrected chi connectivity index (χ1v) is 9.90. The van der Waals surface area contributed by atoms with Gasteiger partial charge in [0.25, 0.3) is 5.91 Å². The molecule has 4 rings (SSSR count). The molecule has 1 saturated carbocycles. The first-order chi connectivity index (χ1) is 14.3. The van der Waals surface area contributed by atoms with Crippen molar-refractivity contribution in [3.05, 3.63) is 59.7 Å². The predicted octanol–water partition coefficient (Wildman–Crippen LogP) is 5.31. The molecule has 8 heteroatoms. The second kappa shape index (κ2) is 8.01. The van der Waals surface area contributed by atoms with Gasteiger partial charge in [0, 0.05) is 28.7 Å². The topological polar surface area (TPSA) is 67.2 Å². The van der Waals surface area contributed by atoms with Gasteiger partial charge in [-0.1, -0.05) is 18.2 Å². The number of anilines is 1. The van der Waals surface area contributed by atoms with Crippen molar-refractivity contribution in [3.63, 3.8) is 0 Å². The van der Waals surface area contributed by atoms with E-state index >= 15 is 0 Å². The van der Waals surface area contributed by atoms with E-state index in [1.54, 1.807) is 30.3 Å². The number of halogens is 3. The number of para-hydroxylation sites is 1. The summed E-state index contributed by atoms with van der Waals surface area (Å²) in [5, 5.41) is 6.92. The van der Waals surface area contributed by atoms with Gasteiger partial charge in [-0.3, -0.25) is 4.79 Å². The Labute approximate surface area is 171 Å². The summed E-state index contributed by atoms with van der Waals surface area (Å²) in [6.07, 6.45) is -0.0809. The number of benzene rings is 1. The van der Waals surface area contributed by atoms with Crippen LogP contribution in [0.5, 0.6) is 0 Å². The summed E-state index contributed by atoms with van der Waals surface area (Å²) in [6.45, 7) is 1.81. The lowest BCUT2D eigenvalue weighted by molar-refractivity contribution is -0.140. The average Bonchev–Trinajstić information content (AvgIpc) is 3.15. The zero-order valence-corrected chi connectivity index (χ0v) is 16.4. The Balaban J connectivity index is 1.43. The Bertz CT molecular complexity index is 1050. The largest absolute Gasteiger partial charge is 0.459 e. The Morgan fingerprint density at radius 2 is 1.80 bits per heavy atom. The van der Waals surface area contributed by atoms with Crippen LogP contribution in [0.3, 0.4) is 0 Å². The molecule has 0 atom stereocenters. The van der Waals surface area contributed by atoms with Gasteiger partial charge in [-0.05, 0) is 50.8 Å². The van der Waals surface area contributed by atoms with E-state index in [-0.39, 0.29) is 18.0 Å². The number of aryl methyl sites for hydroxylation is 1. The number of amides is 1. The van der Waals surface area contributed by atoms with E-state index in [1.807, 2.05) is 6.92 Å². The molecule has 1 aliphatic rings. The van der Waals surface area contributed by atoms with Crippen LogP contribution in [0.25, 0.3) is 10.9 Å². The number of carbonyl (C=O) groups is 1. The fourth-order valence-electron chi connectivity index (χ4n) is 3.90. The van der Waals surface area contributed by atoms with Gasteiger partial charge in [-0.2, -0.15) is 13.2 Å². The predicted molar refractivity (Wildman–Crippen MR) is 107 cm³/mol.